The predicted octanol–water partition coefficient (Wildman–Crippen LogP) is 1.34. The van der Waals surface area contributed by atoms with Gasteiger partial charge in [-0.3, -0.25) is 20.0 Å². The Bertz CT molecular complexity index is 1200. The van der Waals surface area contributed by atoms with E-state index in [-0.39, 0.29) is 29.8 Å². The smallest absolute Gasteiger partial charge is 0.270 e. The predicted molar refractivity (Wildman–Crippen MR) is 122 cm³/mol. The Morgan fingerprint density at radius 1 is 1.27 bits per heavy atom. The van der Waals surface area contributed by atoms with Crippen LogP contribution in [0.15, 0.2) is 48.9 Å². The summed E-state index contributed by atoms with van der Waals surface area (Å²) in [6.07, 6.45) is 4.57. The molecule has 170 valence electrons. The van der Waals surface area contributed by atoms with Crippen LogP contribution in [0.5, 0.6) is 0 Å². The maximum atomic E-state index is 12.3. The summed E-state index contributed by atoms with van der Waals surface area (Å²) in [4.78, 5) is 37.1. The number of aliphatic hydroxyl groups excluding tert-OH is 1. The Morgan fingerprint density at radius 3 is 2.79 bits per heavy atom. The normalized spacial score (nSPS) is 14.7. The van der Waals surface area contributed by atoms with Gasteiger partial charge in [-0.1, -0.05) is 6.07 Å². The van der Waals surface area contributed by atoms with E-state index in [0.717, 1.165) is 5.56 Å². The van der Waals surface area contributed by atoms with Crippen LogP contribution in [0.2, 0.25) is 0 Å². The molecule has 2 aromatic heterocycles. The number of rotatable bonds is 7. The molecule has 1 aliphatic heterocycles. The third-order valence-corrected chi connectivity index (χ3v) is 5.36. The van der Waals surface area contributed by atoms with E-state index in [1.807, 2.05) is 19.9 Å². The minimum Gasteiger partial charge on any atom is -0.394 e. The van der Waals surface area contributed by atoms with Crippen molar-refractivity contribution < 1.29 is 14.7 Å². The summed E-state index contributed by atoms with van der Waals surface area (Å²) in [6, 6.07) is 8.32. The molecular weight excluding hydrogens is 424 g/mol. The minimum absolute atomic E-state index is 0.107. The van der Waals surface area contributed by atoms with Crippen LogP contribution < -0.4 is 27.2 Å². The van der Waals surface area contributed by atoms with Crippen LogP contribution in [0.4, 0.5) is 17.5 Å². The largest absolute Gasteiger partial charge is 0.394 e. The molecule has 7 N–H and O–H groups in total. The number of pyridine rings is 1. The molecule has 1 aliphatic rings. The Morgan fingerprint density at radius 2 is 2.09 bits per heavy atom. The molecule has 11 nitrogen and oxygen atoms in total. The first-order valence-electron chi connectivity index (χ1n) is 10.2. The Balaban J connectivity index is 1.65. The van der Waals surface area contributed by atoms with Crippen molar-refractivity contribution in [2.24, 2.45) is 5.84 Å². The molecule has 4 rings (SSSR count). The lowest BCUT2D eigenvalue weighted by Gasteiger charge is -2.20. The van der Waals surface area contributed by atoms with Crippen molar-refractivity contribution in [1.82, 2.24) is 25.7 Å². The summed E-state index contributed by atoms with van der Waals surface area (Å²) >= 11 is 0. The molecule has 0 radical (unpaired) electrons. The Kier molecular flexibility index (Phi) is 5.90. The molecular formula is C22H24N8O3. The van der Waals surface area contributed by atoms with Gasteiger partial charge in [-0.25, -0.2) is 10.8 Å². The fraction of sp³-hybridized carbons (Fsp3) is 0.227. The number of nitrogens with one attached hydrogen (secondary N) is 4. The van der Waals surface area contributed by atoms with E-state index >= 15 is 0 Å². The van der Waals surface area contributed by atoms with Crippen molar-refractivity contribution in [1.29, 1.82) is 0 Å². The minimum atomic E-state index is -0.587. The lowest BCUT2D eigenvalue weighted by molar-refractivity contribution is 0.0936. The zero-order valence-corrected chi connectivity index (χ0v) is 18.1. The van der Waals surface area contributed by atoms with Crippen molar-refractivity contribution in [3.8, 4) is 0 Å². The van der Waals surface area contributed by atoms with E-state index < -0.39 is 17.5 Å². The second-order valence-corrected chi connectivity index (χ2v) is 8.06. The van der Waals surface area contributed by atoms with Crippen molar-refractivity contribution in [2.45, 2.75) is 25.4 Å². The first-order chi connectivity index (χ1) is 15.8. The summed E-state index contributed by atoms with van der Waals surface area (Å²) in [5, 5.41) is 19.0. The van der Waals surface area contributed by atoms with Crippen molar-refractivity contribution in [2.75, 3.05) is 17.2 Å². The Hall–Kier alpha value is -4.09. The van der Waals surface area contributed by atoms with Crippen LogP contribution in [0.3, 0.4) is 0 Å². The first-order valence-corrected chi connectivity index (χ1v) is 10.2. The van der Waals surface area contributed by atoms with Crippen LogP contribution in [0.25, 0.3) is 0 Å². The van der Waals surface area contributed by atoms with E-state index in [4.69, 9.17) is 5.84 Å². The number of carbonyl (C=O) groups is 2. The summed E-state index contributed by atoms with van der Waals surface area (Å²) in [6.45, 7) is 3.59. The topological polar surface area (TPSA) is 167 Å². The third kappa shape index (κ3) is 4.45. The number of nitrogens with two attached hydrogens (primary N) is 1. The van der Waals surface area contributed by atoms with Gasteiger partial charge in [-0.15, -0.1) is 0 Å². The quantitative estimate of drug-likeness (QED) is 0.177. The second-order valence-electron chi connectivity index (χ2n) is 8.06. The SMILES string of the molecule is CC1(C)NC(=O)c2ccc(Nc3ncc(C(=O)NN)c(NC(CO)c4cccnc4)n3)cc21. The lowest BCUT2D eigenvalue weighted by atomic mass is 9.94. The van der Waals surface area contributed by atoms with Gasteiger partial charge in [0.25, 0.3) is 11.8 Å². The maximum absolute atomic E-state index is 12.3. The highest BCUT2D eigenvalue weighted by molar-refractivity contribution is 6.00. The highest BCUT2D eigenvalue weighted by Gasteiger charge is 2.35. The molecule has 0 bridgehead atoms. The van der Waals surface area contributed by atoms with E-state index in [1.54, 1.807) is 36.7 Å². The summed E-state index contributed by atoms with van der Waals surface area (Å²) in [5.41, 5.74) is 4.53. The molecule has 0 saturated heterocycles. The van der Waals surface area contributed by atoms with Crippen molar-refractivity contribution in [3.63, 3.8) is 0 Å². The molecule has 3 heterocycles. The number of nitrogen functional groups attached to an aromatic ring is 1. The highest BCUT2D eigenvalue weighted by Crippen LogP contribution is 2.33. The molecule has 1 unspecified atom stereocenters. The van der Waals surface area contributed by atoms with E-state index in [0.29, 0.717) is 16.8 Å². The number of hydrazine groups is 1. The number of anilines is 3. The van der Waals surface area contributed by atoms with Crippen molar-refractivity contribution >= 4 is 29.3 Å². The van der Waals surface area contributed by atoms with Gasteiger partial charge in [0, 0.05) is 29.8 Å². The fourth-order valence-electron chi connectivity index (χ4n) is 3.66. The van der Waals surface area contributed by atoms with Crippen LogP contribution in [-0.4, -0.2) is 38.5 Å². The van der Waals surface area contributed by atoms with E-state index in [2.05, 4.69) is 36.3 Å². The summed E-state index contributed by atoms with van der Waals surface area (Å²) in [7, 11) is 0. The third-order valence-electron chi connectivity index (χ3n) is 5.36. The van der Waals surface area contributed by atoms with Gasteiger partial charge < -0.3 is 21.1 Å². The standard InChI is InChI=1S/C22H24N8O3/c1-22(2)16-8-13(5-6-14(16)19(32)29-22)26-21-25-10-15(20(33)30-23)18(28-21)27-17(11-31)12-4-3-7-24-9-12/h3-10,17,31H,11,23H2,1-2H3,(H,29,32)(H,30,33)(H2,25,26,27,28). The Labute approximate surface area is 189 Å². The fourth-order valence-corrected chi connectivity index (χ4v) is 3.66. The summed E-state index contributed by atoms with van der Waals surface area (Å²) in [5.74, 6) is 4.99. The molecule has 11 heteroatoms. The van der Waals surface area contributed by atoms with Crippen LogP contribution in [0.1, 0.15) is 51.7 Å². The van der Waals surface area contributed by atoms with Crippen LogP contribution in [0, 0.1) is 0 Å². The highest BCUT2D eigenvalue weighted by atomic mass is 16.3. The second kappa shape index (κ2) is 8.81. The van der Waals surface area contributed by atoms with Gasteiger partial charge in [0.05, 0.1) is 18.2 Å². The number of carbonyl (C=O) groups excluding carboxylic acids is 2. The van der Waals surface area contributed by atoms with Gasteiger partial charge in [-0.2, -0.15) is 4.98 Å². The molecule has 33 heavy (non-hydrogen) atoms. The molecule has 0 fully saturated rings. The monoisotopic (exact) mass is 448 g/mol. The van der Waals surface area contributed by atoms with E-state index in [9.17, 15) is 14.7 Å². The molecule has 1 aromatic carbocycles. The number of nitrogens with zero attached hydrogens (tertiary/aromatic N) is 3. The molecule has 3 aromatic rings. The molecule has 0 aliphatic carbocycles. The number of aromatic nitrogens is 3. The van der Waals surface area contributed by atoms with Gasteiger partial charge in [0.1, 0.15) is 11.4 Å². The van der Waals surface area contributed by atoms with Crippen molar-refractivity contribution in [3.05, 3.63) is 71.2 Å². The number of aliphatic hydroxyl groups is 1. The zero-order chi connectivity index (χ0) is 23.6. The molecule has 0 saturated carbocycles. The van der Waals surface area contributed by atoms with Crippen LogP contribution in [-0.2, 0) is 5.54 Å². The maximum Gasteiger partial charge on any atom is 0.270 e. The number of benzene rings is 1. The lowest BCUT2D eigenvalue weighted by Crippen LogP contribution is -2.32. The first kappa shape index (κ1) is 22.1. The summed E-state index contributed by atoms with van der Waals surface area (Å²) < 4.78 is 0. The molecule has 1 atom stereocenters. The number of fused-ring (bicyclic) bond motifs is 1. The average Bonchev–Trinajstić information content (AvgIpc) is 3.05. The average molecular weight is 448 g/mol. The molecule has 2 amide bonds. The van der Waals surface area contributed by atoms with E-state index in [1.165, 1.54) is 6.20 Å². The molecule has 0 spiro atoms. The number of hydrogen-bond acceptors (Lipinski definition) is 9. The van der Waals surface area contributed by atoms with Crippen LogP contribution >= 0.6 is 0 Å². The van der Waals surface area contributed by atoms with Gasteiger partial charge in [-0.05, 0) is 49.2 Å². The van der Waals surface area contributed by atoms with Gasteiger partial charge in [0.2, 0.25) is 5.95 Å². The number of hydrogen-bond donors (Lipinski definition) is 6. The number of amides is 2. The zero-order valence-electron chi connectivity index (χ0n) is 18.1. The van der Waals surface area contributed by atoms with Gasteiger partial charge in [0.15, 0.2) is 0 Å². The van der Waals surface area contributed by atoms with Gasteiger partial charge >= 0.3 is 0 Å².